The molecule has 1 saturated carbocycles. The zero-order valence-electron chi connectivity index (χ0n) is 10.5. The standard InChI is InChI=1S/C14H19FN2O/c15-12-10-11(14(16)4-1-5-14)2-3-13(12)17-6-8-18-9-7-17/h2-3,10H,1,4-9,16H2. The van der Waals surface area contributed by atoms with Gasteiger partial charge in [0.15, 0.2) is 0 Å². The Labute approximate surface area is 107 Å². The van der Waals surface area contributed by atoms with Gasteiger partial charge in [0.05, 0.1) is 18.9 Å². The van der Waals surface area contributed by atoms with Gasteiger partial charge in [-0.05, 0) is 37.0 Å². The average Bonchev–Trinajstić information content (AvgIpc) is 2.37. The Morgan fingerprint density at radius 2 is 1.94 bits per heavy atom. The van der Waals surface area contributed by atoms with Gasteiger partial charge >= 0.3 is 0 Å². The van der Waals surface area contributed by atoms with Gasteiger partial charge in [-0.3, -0.25) is 0 Å². The van der Waals surface area contributed by atoms with Gasteiger partial charge in [0, 0.05) is 18.6 Å². The van der Waals surface area contributed by atoms with Gasteiger partial charge in [-0.1, -0.05) is 6.07 Å². The van der Waals surface area contributed by atoms with Gasteiger partial charge in [-0.15, -0.1) is 0 Å². The molecule has 1 aromatic rings. The van der Waals surface area contributed by atoms with Crippen LogP contribution in [0.2, 0.25) is 0 Å². The van der Waals surface area contributed by atoms with Crippen LogP contribution in [0.15, 0.2) is 18.2 Å². The van der Waals surface area contributed by atoms with Gasteiger partial charge < -0.3 is 15.4 Å². The summed E-state index contributed by atoms with van der Waals surface area (Å²) in [6, 6.07) is 5.46. The molecule has 2 fully saturated rings. The molecule has 0 atom stereocenters. The molecule has 1 heterocycles. The molecule has 3 rings (SSSR count). The second-order valence-electron chi connectivity index (χ2n) is 5.28. The summed E-state index contributed by atoms with van der Waals surface area (Å²) in [6.07, 6.45) is 3.07. The number of hydrogen-bond acceptors (Lipinski definition) is 3. The molecule has 1 aliphatic carbocycles. The molecule has 0 aromatic heterocycles. The summed E-state index contributed by atoms with van der Waals surface area (Å²) >= 11 is 0. The van der Waals surface area contributed by atoms with Gasteiger partial charge in [-0.2, -0.15) is 0 Å². The van der Waals surface area contributed by atoms with Crippen LogP contribution in [0.25, 0.3) is 0 Å². The number of hydrogen-bond donors (Lipinski definition) is 1. The zero-order chi connectivity index (χ0) is 12.6. The van der Waals surface area contributed by atoms with Gasteiger partial charge in [-0.25, -0.2) is 4.39 Å². The van der Waals surface area contributed by atoms with Crippen LogP contribution in [-0.4, -0.2) is 26.3 Å². The quantitative estimate of drug-likeness (QED) is 0.872. The molecule has 98 valence electrons. The number of morpholine rings is 1. The van der Waals surface area contributed by atoms with E-state index in [0.717, 1.165) is 37.9 Å². The van der Waals surface area contributed by atoms with Crippen LogP contribution in [-0.2, 0) is 10.3 Å². The Kier molecular flexibility index (Phi) is 2.99. The van der Waals surface area contributed by atoms with Crippen molar-refractivity contribution in [3.8, 4) is 0 Å². The van der Waals surface area contributed by atoms with Crippen LogP contribution in [0.3, 0.4) is 0 Å². The molecule has 0 amide bonds. The number of ether oxygens (including phenoxy) is 1. The van der Waals surface area contributed by atoms with E-state index < -0.39 is 0 Å². The van der Waals surface area contributed by atoms with Crippen molar-refractivity contribution in [3.05, 3.63) is 29.6 Å². The van der Waals surface area contributed by atoms with E-state index in [4.69, 9.17) is 10.5 Å². The number of benzene rings is 1. The van der Waals surface area contributed by atoms with Crippen LogP contribution < -0.4 is 10.6 Å². The molecule has 0 radical (unpaired) electrons. The van der Waals surface area contributed by atoms with E-state index in [1.54, 1.807) is 6.07 Å². The fourth-order valence-corrected chi connectivity index (χ4v) is 2.72. The highest BCUT2D eigenvalue weighted by Crippen LogP contribution is 2.39. The first-order valence-corrected chi connectivity index (χ1v) is 6.61. The van der Waals surface area contributed by atoms with Crippen LogP contribution in [0.1, 0.15) is 24.8 Å². The average molecular weight is 250 g/mol. The van der Waals surface area contributed by atoms with Crippen LogP contribution in [0, 0.1) is 5.82 Å². The van der Waals surface area contributed by atoms with Crippen molar-refractivity contribution in [2.75, 3.05) is 31.2 Å². The van der Waals surface area contributed by atoms with E-state index in [9.17, 15) is 4.39 Å². The van der Waals surface area contributed by atoms with Crippen LogP contribution in [0.5, 0.6) is 0 Å². The number of halogens is 1. The number of nitrogens with two attached hydrogens (primary N) is 1. The third kappa shape index (κ3) is 1.99. The maximum atomic E-state index is 14.2. The molecule has 0 spiro atoms. The second-order valence-corrected chi connectivity index (χ2v) is 5.28. The highest BCUT2D eigenvalue weighted by atomic mass is 19.1. The normalized spacial score (nSPS) is 22.7. The highest BCUT2D eigenvalue weighted by molar-refractivity contribution is 5.50. The first-order chi connectivity index (χ1) is 8.69. The molecular weight excluding hydrogens is 231 g/mol. The number of nitrogens with zero attached hydrogens (tertiary/aromatic N) is 1. The van der Waals surface area contributed by atoms with Gasteiger partial charge in [0.25, 0.3) is 0 Å². The Morgan fingerprint density at radius 3 is 2.50 bits per heavy atom. The highest BCUT2D eigenvalue weighted by Gasteiger charge is 2.34. The monoisotopic (exact) mass is 250 g/mol. The number of rotatable bonds is 2. The molecule has 1 aliphatic heterocycles. The lowest BCUT2D eigenvalue weighted by Crippen LogP contribution is -2.43. The summed E-state index contributed by atoms with van der Waals surface area (Å²) in [7, 11) is 0. The lowest BCUT2D eigenvalue weighted by molar-refractivity contribution is 0.122. The topological polar surface area (TPSA) is 38.5 Å². The van der Waals surface area contributed by atoms with Crippen molar-refractivity contribution in [3.63, 3.8) is 0 Å². The summed E-state index contributed by atoms with van der Waals surface area (Å²) in [5.74, 6) is -0.161. The minimum Gasteiger partial charge on any atom is -0.378 e. The third-order valence-corrected chi connectivity index (χ3v) is 4.12. The van der Waals surface area contributed by atoms with E-state index in [2.05, 4.69) is 0 Å². The maximum absolute atomic E-state index is 14.2. The third-order valence-electron chi connectivity index (χ3n) is 4.12. The summed E-state index contributed by atoms with van der Waals surface area (Å²) in [5.41, 5.74) is 7.54. The lowest BCUT2D eigenvalue weighted by Gasteiger charge is -2.39. The van der Waals surface area contributed by atoms with Gasteiger partial charge in [0.2, 0.25) is 0 Å². The first-order valence-electron chi connectivity index (χ1n) is 6.61. The molecule has 4 heteroatoms. The van der Waals surface area contributed by atoms with Crippen molar-refractivity contribution in [1.29, 1.82) is 0 Å². The van der Waals surface area contributed by atoms with Crippen molar-refractivity contribution < 1.29 is 9.13 Å². The van der Waals surface area contributed by atoms with Gasteiger partial charge in [0.1, 0.15) is 5.82 Å². The van der Waals surface area contributed by atoms with Crippen LogP contribution >= 0.6 is 0 Å². The largest absolute Gasteiger partial charge is 0.378 e. The number of anilines is 1. The Morgan fingerprint density at radius 1 is 1.22 bits per heavy atom. The molecule has 2 N–H and O–H groups in total. The molecule has 0 unspecified atom stereocenters. The summed E-state index contributed by atoms with van der Waals surface area (Å²) in [6.45, 7) is 2.85. The van der Waals surface area contributed by atoms with E-state index in [1.165, 1.54) is 0 Å². The maximum Gasteiger partial charge on any atom is 0.146 e. The zero-order valence-corrected chi connectivity index (χ0v) is 10.5. The summed E-state index contributed by atoms with van der Waals surface area (Å²) < 4.78 is 19.5. The molecule has 0 bridgehead atoms. The van der Waals surface area contributed by atoms with E-state index in [0.29, 0.717) is 18.9 Å². The molecule has 3 nitrogen and oxygen atoms in total. The fraction of sp³-hybridized carbons (Fsp3) is 0.571. The molecule has 2 aliphatic rings. The van der Waals surface area contributed by atoms with E-state index in [1.807, 2.05) is 17.0 Å². The van der Waals surface area contributed by atoms with Crippen molar-refractivity contribution in [2.24, 2.45) is 5.73 Å². The molecular formula is C14H19FN2O. The molecule has 1 aromatic carbocycles. The fourth-order valence-electron chi connectivity index (χ4n) is 2.72. The summed E-state index contributed by atoms with van der Waals surface area (Å²) in [4.78, 5) is 2.03. The second kappa shape index (κ2) is 4.52. The predicted octanol–water partition coefficient (Wildman–Crippen LogP) is 2.00. The lowest BCUT2D eigenvalue weighted by atomic mass is 9.73. The van der Waals surface area contributed by atoms with Crippen molar-refractivity contribution in [1.82, 2.24) is 0 Å². The minimum atomic E-state index is -0.287. The molecule has 1 saturated heterocycles. The Hall–Kier alpha value is -1.13. The smallest absolute Gasteiger partial charge is 0.146 e. The first kappa shape index (κ1) is 11.9. The Bertz CT molecular complexity index is 439. The van der Waals surface area contributed by atoms with Crippen LogP contribution in [0.4, 0.5) is 10.1 Å². The van der Waals surface area contributed by atoms with E-state index in [-0.39, 0.29) is 11.4 Å². The van der Waals surface area contributed by atoms with E-state index >= 15 is 0 Å². The van der Waals surface area contributed by atoms with Crippen molar-refractivity contribution in [2.45, 2.75) is 24.8 Å². The SMILES string of the molecule is NC1(c2ccc(N3CCOCC3)c(F)c2)CCC1. The van der Waals surface area contributed by atoms with Crippen molar-refractivity contribution >= 4 is 5.69 Å². The predicted molar refractivity (Wildman–Crippen MR) is 69.1 cm³/mol. The Balaban J connectivity index is 1.84. The summed E-state index contributed by atoms with van der Waals surface area (Å²) in [5, 5.41) is 0. The minimum absolute atomic E-state index is 0.161. The molecule has 18 heavy (non-hydrogen) atoms.